The number of hydrogen-bond donors (Lipinski definition) is 1. The average molecular weight is 599 g/mol. The number of carbonyl (C=O) groups is 2. The molecule has 1 aliphatic rings. The van der Waals surface area contributed by atoms with Gasteiger partial charge in [-0.25, -0.2) is 17.9 Å². The first kappa shape index (κ1) is 28.3. The van der Waals surface area contributed by atoms with Crippen LogP contribution in [0.5, 0.6) is 0 Å². The summed E-state index contributed by atoms with van der Waals surface area (Å²) in [6, 6.07) is 27.0. The van der Waals surface area contributed by atoms with Gasteiger partial charge in [-0.3, -0.25) is 14.5 Å². The highest BCUT2D eigenvalue weighted by molar-refractivity contribution is 8.00. The molecule has 4 aromatic carbocycles. The minimum atomic E-state index is -0.434. The first-order valence-corrected chi connectivity index (χ1v) is 14.5. The van der Waals surface area contributed by atoms with Crippen LogP contribution in [0, 0.1) is 17.5 Å². The van der Waals surface area contributed by atoms with Crippen molar-refractivity contribution in [1.29, 1.82) is 0 Å². The summed E-state index contributed by atoms with van der Waals surface area (Å²) in [5.74, 6) is -1.54. The van der Waals surface area contributed by atoms with Crippen LogP contribution in [0.1, 0.15) is 21.9 Å². The molecule has 216 valence electrons. The summed E-state index contributed by atoms with van der Waals surface area (Å²) >= 11 is 1.36. The van der Waals surface area contributed by atoms with Gasteiger partial charge in [-0.15, -0.1) is 11.8 Å². The van der Waals surface area contributed by atoms with E-state index in [0.717, 1.165) is 11.1 Å². The number of carbonyl (C=O) groups excluding carboxylic acids is 2. The van der Waals surface area contributed by atoms with E-state index in [1.165, 1.54) is 53.1 Å². The summed E-state index contributed by atoms with van der Waals surface area (Å²) in [5.41, 5.74) is 3.99. The summed E-state index contributed by atoms with van der Waals surface area (Å²) in [4.78, 5) is 28.4. The molecule has 1 aromatic heterocycles. The Balaban J connectivity index is 1.49. The fourth-order valence-electron chi connectivity index (χ4n) is 4.99. The summed E-state index contributed by atoms with van der Waals surface area (Å²) in [5, 5.41) is 7.31. The van der Waals surface area contributed by atoms with Crippen molar-refractivity contribution >= 4 is 29.4 Å². The van der Waals surface area contributed by atoms with E-state index in [0.29, 0.717) is 28.3 Å². The molecule has 0 spiro atoms. The molecule has 0 aliphatic carbocycles. The Kier molecular flexibility index (Phi) is 8.02. The lowest BCUT2D eigenvalue weighted by Gasteiger charge is -2.23. The Morgan fingerprint density at radius 1 is 0.837 bits per heavy atom. The van der Waals surface area contributed by atoms with Gasteiger partial charge in [0.1, 0.15) is 29.8 Å². The number of thioether (sulfide) groups is 1. The van der Waals surface area contributed by atoms with Crippen molar-refractivity contribution in [3.63, 3.8) is 0 Å². The van der Waals surface area contributed by atoms with Crippen LogP contribution in [0.25, 0.3) is 16.9 Å². The molecule has 6 rings (SSSR count). The molecule has 0 saturated carbocycles. The van der Waals surface area contributed by atoms with E-state index in [4.69, 9.17) is 5.10 Å². The summed E-state index contributed by atoms with van der Waals surface area (Å²) in [6.45, 7) is -0.168. The number of fused-ring (bicyclic) bond motifs is 1. The number of nitrogens with one attached hydrogen (secondary N) is 1. The van der Waals surface area contributed by atoms with Crippen molar-refractivity contribution in [2.45, 2.75) is 11.8 Å². The van der Waals surface area contributed by atoms with Gasteiger partial charge in [0.15, 0.2) is 0 Å². The normalized spacial score (nSPS) is 14.7. The van der Waals surface area contributed by atoms with E-state index in [1.807, 2.05) is 30.3 Å². The van der Waals surface area contributed by atoms with Crippen molar-refractivity contribution in [3.8, 4) is 16.9 Å². The molecule has 43 heavy (non-hydrogen) atoms. The van der Waals surface area contributed by atoms with Crippen LogP contribution < -0.4 is 10.2 Å². The molecule has 0 radical (unpaired) electrons. The zero-order valence-electron chi connectivity index (χ0n) is 22.7. The topological polar surface area (TPSA) is 67.2 Å². The van der Waals surface area contributed by atoms with Gasteiger partial charge in [-0.1, -0.05) is 54.6 Å². The number of nitrogens with zero attached hydrogens (tertiary/aromatic N) is 3. The SMILES string of the molecule is O=C(CN1C(=O)CSC(c2ccc(F)cc2)c2c(-c3ccccc3)nn(-c3ccc(F)cc3)c21)NCc1ccc(F)cc1. The molecular formula is C33H25F3N4O2S. The van der Waals surface area contributed by atoms with Gasteiger partial charge in [0, 0.05) is 17.7 Å². The number of halogens is 3. The maximum absolute atomic E-state index is 13.9. The zero-order valence-corrected chi connectivity index (χ0v) is 23.5. The van der Waals surface area contributed by atoms with Crippen molar-refractivity contribution < 1.29 is 22.8 Å². The fraction of sp³-hybridized carbons (Fsp3) is 0.121. The predicted molar refractivity (Wildman–Crippen MR) is 160 cm³/mol. The highest BCUT2D eigenvalue weighted by atomic mass is 32.2. The lowest BCUT2D eigenvalue weighted by molar-refractivity contribution is -0.123. The summed E-state index contributed by atoms with van der Waals surface area (Å²) < 4.78 is 42.8. The largest absolute Gasteiger partial charge is 0.350 e. The maximum Gasteiger partial charge on any atom is 0.240 e. The Hall–Kier alpha value is -4.83. The van der Waals surface area contributed by atoms with Crippen molar-refractivity contribution in [2.75, 3.05) is 17.2 Å². The minimum absolute atomic E-state index is 0.0413. The third kappa shape index (κ3) is 6.05. The first-order valence-electron chi connectivity index (χ1n) is 13.5. The van der Waals surface area contributed by atoms with Crippen LogP contribution in [-0.4, -0.2) is 33.9 Å². The van der Waals surface area contributed by atoms with Crippen molar-refractivity contribution in [2.24, 2.45) is 0 Å². The molecule has 0 bridgehead atoms. The minimum Gasteiger partial charge on any atom is -0.350 e. The van der Waals surface area contributed by atoms with Crippen molar-refractivity contribution in [1.82, 2.24) is 15.1 Å². The molecule has 1 N–H and O–H groups in total. The van der Waals surface area contributed by atoms with E-state index in [9.17, 15) is 22.8 Å². The molecule has 6 nitrogen and oxygen atoms in total. The number of rotatable bonds is 7. The van der Waals surface area contributed by atoms with E-state index < -0.39 is 17.0 Å². The first-order chi connectivity index (χ1) is 20.9. The van der Waals surface area contributed by atoms with Gasteiger partial charge in [-0.05, 0) is 59.7 Å². The van der Waals surface area contributed by atoms with Crippen LogP contribution in [0.3, 0.4) is 0 Å². The summed E-state index contributed by atoms with van der Waals surface area (Å²) in [7, 11) is 0. The van der Waals surface area contributed by atoms with Crippen LogP contribution in [0.2, 0.25) is 0 Å². The van der Waals surface area contributed by atoms with E-state index in [1.54, 1.807) is 41.1 Å². The Morgan fingerprint density at radius 3 is 2.09 bits per heavy atom. The highest BCUT2D eigenvalue weighted by Crippen LogP contribution is 2.48. The second-order valence-electron chi connectivity index (χ2n) is 9.97. The molecule has 10 heteroatoms. The van der Waals surface area contributed by atoms with Gasteiger partial charge in [0.05, 0.1) is 22.4 Å². The third-order valence-electron chi connectivity index (χ3n) is 7.08. The molecule has 5 aromatic rings. The molecule has 1 aliphatic heterocycles. The third-order valence-corrected chi connectivity index (χ3v) is 8.34. The van der Waals surface area contributed by atoms with Crippen LogP contribution in [0.15, 0.2) is 103 Å². The van der Waals surface area contributed by atoms with Gasteiger partial charge in [0.25, 0.3) is 0 Å². The molecule has 0 fully saturated rings. The lowest BCUT2D eigenvalue weighted by atomic mass is 9.99. The van der Waals surface area contributed by atoms with E-state index in [-0.39, 0.29) is 36.4 Å². The summed E-state index contributed by atoms with van der Waals surface area (Å²) in [6.07, 6.45) is 0. The molecule has 1 unspecified atom stereocenters. The zero-order chi connectivity index (χ0) is 29.9. The molecule has 2 heterocycles. The van der Waals surface area contributed by atoms with Gasteiger partial charge in [0.2, 0.25) is 11.8 Å². The monoisotopic (exact) mass is 598 g/mol. The smallest absolute Gasteiger partial charge is 0.240 e. The van der Waals surface area contributed by atoms with Gasteiger partial charge < -0.3 is 5.32 Å². The Labute approximate surface area is 250 Å². The second kappa shape index (κ2) is 12.2. The van der Waals surface area contributed by atoms with Gasteiger partial charge in [-0.2, -0.15) is 5.10 Å². The number of amides is 2. The highest BCUT2D eigenvalue weighted by Gasteiger charge is 2.37. The Morgan fingerprint density at radius 2 is 1.44 bits per heavy atom. The number of hydrogen-bond acceptors (Lipinski definition) is 4. The van der Waals surface area contributed by atoms with Crippen LogP contribution in [-0.2, 0) is 16.1 Å². The van der Waals surface area contributed by atoms with Crippen LogP contribution in [0.4, 0.5) is 19.0 Å². The van der Waals surface area contributed by atoms with E-state index >= 15 is 0 Å². The molecular weight excluding hydrogens is 573 g/mol. The van der Waals surface area contributed by atoms with Crippen LogP contribution >= 0.6 is 11.8 Å². The Bertz CT molecular complexity index is 1760. The average Bonchev–Trinajstić information content (AvgIpc) is 3.35. The molecule has 2 amide bonds. The molecule has 0 saturated heterocycles. The lowest BCUT2D eigenvalue weighted by Crippen LogP contribution is -2.42. The van der Waals surface area contributed by atoms with Gasteiger partial charge >= 0.3 is 0 Å². The number of aromatic nitrogens is 2. The van der Waals surface area contributed by atoms with Crippen molar-refractivity contribution in [3.05, 3.63) is 137 Å². The second-order valence-corrected chi connectivity index (χ2v) is 11.1. The standard InChI is InChI=1S/C33H25F3N4O2S/c34-24-10-6-21(7-11-24)18-37-28(41)19-39-29(42)20-43-32(23-8-12-25(35)13-9-23)30-31(22-4-2-1-3-5-22)38-40(33(30)39)27-16-14-26(36)15-17-27/h1-17,32H,18-20H2,(H,37,41). The fourth-order valence-corrected chi connectivity index (χ4v) is 6.19. The quantitative estimate of drug-likeness (QED) is 0.234. The predicted octanol–water partition coefficient (Wildman–Crippen LogP) is 6.44. The number of anilines is 1. The van der Waals surface area contributed by atoms with E-state index in [2.05, 4.69) is 5.32 Å². The number of benzene rings is 4. The maximum atomic E-state index is 13.9. The molecule has 1 atom stereocenters.